The number of aryl methyl sites for hydroxylation is 1. The first-order chi connectivity index (χ1) is 8.15. The minimum Gasteiger partial charge on any atom is -0.392 e. The van der Waals surface area contributed by atoms with E-state index in [1.807, 2.05) is 24.3 Å². The summed E-state index contributed by atoms with van der Waals surface area (Å²) in [5.74, 6) is 0.562. The first kappa shape index (κ1) is 12.2. The summed E-state index contributed by atoms with van der Waals surface area (Å²) in [5, 5.41) is 21.6. The van der Waals surface area contributed by atoms with Crippen molar-refractivity contribution >= 4 is 15.9 Å². The summed E-state index contributed by atoms with van der Waals surface area (Å²) in [6, 6.07) is 7.84. The molecule has 0 radical (unpaired) electrons. The number of nitrogens with zero attached hydrogens (tertiary/aromatic N) is 4. The highest BCUT2D eigenvalue weighted by Crippen LogP contribution is 2.18. The number of benzene rings is 1. The molecule has 2 rings (SSSR count). The van der Waals surface area contributed by atoms with Gasteiger partial charge in [-0.3, -0.25) is 0 Å². The van der Waals surface area contributed by atoms with Gasteiger partial charge in [-0.25, -0.2) is 0 Å². The molecule has 0 bridgehead atoms. The van der Waals surface area contributed by atoms with Crippen LogP contribution < -0.4 is 0 Å². The summed E-state index contributed by atoms with van der Waals surface area (Å²) in [6.07, 6.45) is 0.479. The van der Waals surface area contributed by atoms with Gasteiger partial charge in [-0.05, 0) is 23.3 Å². The molecular weight excluding hydrogens is 284 g/mol. The molecule has 0 aliphatic carbocycles. The van der Waals surface area contributed by atoms with Crippen LogP contribution in [0, 0.1) is 0 Å². The fourth-order valence-corrected chi connectivity index (χ4v) is 2.05. The van der Waals surface area contributed by atoms with Crippen molar-refractivity contribution in [1.29, 1.82) is 0 Å². The van der Waals surface area contributed by atoms with E-state index in [1.165, 1.54) is 4.80 Å². The molecule has 0 spiro atoms. The average Bonchev–Trinajstić information content (AvgIpc) is 2.67. The van der Waals surface area contributed by atoms with Gasteiger partial charge in [-0.2, -0.15) is 4.80 Å². The van der Waals surface area contributed by atoms with Gasteiger partial charge in [-0.15, -0.1) is 10.2 Å². The number of aromatic nitrogens is 4. The van der Waals surface area contributed by atoms with Crippen LogP contribution in [0.1, 0.15) is 11.4 Å². The second-order valence-electron chi connectivity index (χ2n) is 3.85. The fraction of sp³-hybridized carbons (Fsp3) is 0.364. The van der Waals surface area contributed by atoms with E-state index in [4.69, 9.17) is 0 Å². The number of halogens is 1. The van der Waals surface area contributed by atoms with Gasteiger partial charge in [0.15, 0.2) is 5.82 Å². The molecule has 1 unspecified atom stereocenters. The van der Waals surface area contributed by atoms with Crippen LogP contribution in [0.5, 0.6) is 0 Å². The third-order valence-corrected chi connectivity index (χ3v) is 3.15. The average molecular weight is 297 g/mol. The number of rotatable bonds is 4. The molecule has 1 aromatic heterocycles. The third-order valence-electron chi connectivity index (χ3n) is 2.38. The van der Waals surface area contributed by atoms with Crippen LogP contribution in [-0.4, -0.2) is 31.4 Å². The zero-order valence-corrected chi connectivity index (χ0v) is 11.0. The molecule has 6 heteroatoms. The largest absolute Gasteiger partial charge is 0.392 e. The number of hydrogen-bond donors (Lipinski definition) is 1. The van der Waals surface area contributed by atoms with E-state index < -0.39 is 6.10 Å². The van der Waals surface area contributed by atoms with Gasteiger partial charge in [0.25, 0.3) is 0 Å². The lowest BCUT2D eigenvalue weighted by Crippen LogP contribution is -2.15. The Morgan fingerprint density at radius 1 is 1.35 bits per heavy atom. The molecule has 0 aliphatic heterocycles. The molecule has 0 amide bonds. The summed E-state index contributed by atoms with van der Waals surface area (Å²) in [6.45, 7) is 0. The second-order valence-corrected chi connectivity index (χ2v) is 4.70. The lowest BCUT2D eigenvalue weighted by molar-refractivity contribution is 0.172. The highest BCUT2D eigenvalue weighted by molar-refractivity contribution is 9.10. The van der Waals surface area contributed by atoms with Gasteiger partial charge in [0.1, 0.15) is 0 Å². The van der Waals surface area contributed by atoms with Crippen molar-refractivity contribution in [2.75, 3.05) is 0 Å². The number of tetrazole rings is 1. The maximum absolute atomic E-state index is 9.95. The molecular formula is C11H13BrN4O. The van der Waals surface area contributed by atoms with Crippen molar-refractivity contribution < 1.29 is 5.11 Å². The minimum atomic E-state index is -0.502. The van der Waals surface area contributed by atoms with Crippen molar-refractivity contribution in [2.45, 2.75) is 18.9 Å². The first-order valence-electron chi connectivity index (χ1n) is 5.29. The van der Waals surface area contributed by atoms with E-state index in [0.29, 0.717) is 18.7 Å². The Balaban J connectivity index is 1.98. The van der Waals surface area contributed by atoms with E-state index in [0.717, 1.165) is 10.0 Å². The van der Waals surface area contributed by atoms with Gasteiger partial charge >= 0.3 is 0 Å². The summed E-state index contributed by atoms with van der Waals surface area (Å²) >= 11 is 3.46. The van der Waals surface area contributed by atoms with E-state index >= 15 is 0 Å². The molecule has 1 atom stereocenters. The number of hydrogen-bond acceptors (Lipinski definition) is 4. The lowest BCUT2D eigenvalue weighted by Gasteiger charge is -2.09. The smallest absolute Gasteiger partial charge is 0.177 e. The molecule has 90 valence electrons. The van der Waals surface area contributed by atoms with E-state index in [1.54, 1.807) is 7.05 Å². The Kier molecular flexibility index (Phi) is 3.86. The van der Waals surface area contributed by atoms with Crippen molar-refractivity contribution in [3.63, 3.8) is 0 Å². The van der Waals surface area contributed by atoms with E-state index in [-0.39, 0.29) is 0 Å². The van der Waals surface area contributed by atoms with Crippen LogP contribution in [0.25, 0.3) is 0 Å². The van der Waals surface area contributed by atoms with Crippen LogP contribution in [-0.2, 0) is 19.9 Å². The van der Waals surface area contributed by atoms with Crippen molar-refractivity contribution in [3.8, 4) is 0 Å². The highest BCUT2D eigenvalue weighted by atomic mass is 79.9. The van der Waals surface area contributed by atoms with Gasteiger partial charge in [0, 0.05) is 10.9 Å². The standard InChI is InChI=1S/C11H13BrN4O/c1-16-14-11(13-15-16)7-9(17)6-8-4-2-3-5-10(8)12/h2-5,9,17H,6-7H2,1H3. The predicted octanol–water partition coefficient (Wildman–Crippen LogP) is 1.12. The van der Waals surface area contributed by atoms with Gasteiger partial charge in [0.2, 0.25) is 0 Å². The SMILES string of the molecule is Cn1nnc(CC(O)Cc2ccccc2Br)n1. The normalized spacial score (nSPS) is 12.6. The van der Waals surface area contributed by atoms with Crippen LogP contribution in [0.2, 0.25) is 0 Å². The Hall–Kier alpha value is -1.27. The van der Waals surface area contributed by atoms with Crippen LogP contribution in [0.3, 0.4) is 0 Å². The Morgan fingerprint density at radius 3 is 2.76 bits per heavy atom. The second kappa shape index (κ2) is 5.37. The minimum absolute atomic E-state index is 0.412. The van der Waals surface area contributed by atoms with Gasteiger partial charge in [-0.1, -0.05) is 34.1 Å². The molecule has 0 aliphatic rings. The number of aliphatic hydroxyl groups is 1. The van der Waals surface area contributed by atoms with E-state index in [9.17, 15) is 5.11 Å². The van der Waals surface area contributed by atoms with Crippen LogP contribution >= 0.6 is 15.9 Å². The Morgan fingerprint density at radius 2 is 2.12 bits per heavy atom. The zero-order chi connectivity index (χ0) is 12.3. The molecule has 5 nitrogen and oxygen atoms in total. The van der Waals surface area contributed by atoms with E-state index in [2.05, 4.69) is 31.3 Å². The lowest BCUT2D eigenvalue weighted by atomic mass is 10.1. The fourth-order valence-electron chi connectivity index (χ4n) is 1.61. The molecule has 17 heavy (non-hydrogen) atoms. The Labute approximate surface area is 108 Å². The summed E-state index contributed by atoms with van der Waals surface area (Å²) in [7, 11) is 1.71. The Bertz CT molecular complexity index is 500. The molecule has 1 heterocycles. The maximum Gasteiger partial charge on any atom is 0.177 e. The van der Waals surface area contributed by atoms with Crippen LogP contribution in [0.4, 0.5) is 0 Å². The highest BCUT2D eigenvalue weighted by Gasteiger charge is 2.12. The molecule has 0 saturated carbocycles. The first-order valence-corrected chi connectivity index (χ1v) is 6.09. The third kappa shape index (κ3) is 3.34. The van der Waals surface area contributed by atoms with Crippen LogP contribution in [0.15, 0.2) is 28.7 Å². The quantitative estimate of drug-likeness (QED) is 0.918. The monoisotopic (exact) mass is 296 g/mol. The van der Waals surface area contributed by atoms with Gasteiger partial charge in [0.05, 0.1) is 13.2 Å². The van der Waals surface area contributed by atoms with Gasteiger partial charge < -0.3 is 5.11 Å². The molecule has 1 N–H and O–H groups in total. The molecule has 2 aromatic rings. The predicted molar refractivity (Wildman–Crippen MR) is 66.4 cm³/mol. The molecule has 0 saturated heterocycles. The summed E-state index contributed by atoms with van der Waals surface area (Å²) in [4.78, 5) is 1.39. The molecule has 1 aromatic carbocycles. The maximum atomic E-state index is 9.95. The molecule has 0 fully saturated rings. The summed E-state index contributed by atoms with van der Waals surface area (Å²) < 4.78 is 1.01. The van der Waals surface area contributed by atoms with Crippen molar-refractivity contribution in [1.82, 2.24) is 20.2 Å². The topological polar surface area (TPSA) is 63.8 Å². The summed E-state index contributed by atoms with van der Waals surface area (Å²) in [5.41, 5.74) is 1.07. The number of aliphatic hydroxyl groups excluding tert-OH is 1. The van der Waals surface area contributed by atoms with Crippen molar-refractivity contribution in [2.24, 2.45) is 7.05 Å². The van der Waals surface area contributed by atoms with Crippen molar-refractivity contribution in [3.05, 3.63) is 40.1 Å². The zero-order valence-electron chi connectivity index (χ0n) is 9.41.